The second-order valence-electron chi connectivity index (χ2n) is 8.44. The maximum absolute atomic E-state index is 13.5. The van der Waals surface area contributed by atoms with Crippen LogP contribution in [-0.2, 0) is 6.54 Å². The molecular formula is C28H25N3O2. The molecular weight excluding hydrogens is 410 g/mol. The number of hydrogen-bond acceptors (Lipinski definition) is 3. The van der Waals surface area contributed by atoms with Crippen molar-refractivity contribution in [3.63, 3.8) is 0 Å². The Hall–Kier alpha value is -4.12. The number of para-hydroxylation sites is 1. The molecule has 1 aliphatic rings. The van der Waals surface area contributed by atoms with Gasteiger partial charge in [-0.05, 0) is 66.9 Å². The normalized spacial score (nSPS) is 14.4. The van der Waals surface area contributed by atoms with Crippen molar-refractivity contribution in [1.82, 2.24) is 4.57 Å². The molecule has 0 spiro atoms. The fourth-order valence-electron chi connectivity index (χ4n) is 4.28. The minimum absolute atomic E-state index is 0.0341. The molecule has 2 heterocycles. The largest absolute Gasteiger partial charge is 0.370 e. The molecule has 33 heavy (non-hydrogen) atoms. The average Bonchev–Trinajstić information content (AvgIpc) is 3.22. The van der Waals surface area contributed by atoms with E-state index in [2.05, 4.69) is 21.3 Å². The summed E-state index contributed by atoms with van der Waals surface area (Å²) in [6.07, 6.45) is 2.00. The Morgan fingerprint density at radius 1 is 0.879 bits per heavy atom. The van der Waals surface area contributed by atoms with Gasteiger partial charge in [-0.15, -0.1) is 0 Å². The quantitative estimate of drug-likeness (QED) is 0.401. The smallest absolute Gasteiger partial charge is 0.255 e. The van der Waals surface area contributed by atoms with Crippen LogP contribution in [0.2, 0.25) is 0 Å². The summed E-state index contributed by atoms with van der Waals surface area (Å²) < 4.78 is 2.10. The van der Waals surface area contributed by atoms with Crippen molar-refractivity contribution in [3.8, 4) is 0 Å². The number of Topliss-reactive ketones (excluding diaryl/α,β-unsaturated/α-hetero) is 1. The van der Waals surface area contributed by atoms with E-state index in [9.17, 15) is 9.59 Å². The number of aromatic nitrogens is 1. The first kappa shape index (κ1) is 20.8. The number of rotatable bonds is 4. The summed E-state index contributed by atoms with van der Waals surface area (Å²) in [7, 11) is 0. The van der Waals surface area contributed by atoms with Gasteiger partial charge in [0.25, 0.3) is 5.91 Å². The van der Waals surface area contributed by atoms with Gasteiger partial charge in [-0.3, -0.25) is 9.59 Å². The summed E-state index contributed by atoms with van der Waals surface area (Å²) in [5.74, 6) is -0.230. The zero-order valence-electron chi connectivity index (χ0n) is 18.6. The van der Waals surface area contributed by atoms with Crippen LogP contribution in [0.3, 0.4) is 0 Å². The number of carbonyl (C=O) groups is 2. The van der Waals surface area contributed by atoms with Gasteiger partial charge in [-0.1, -0.05) is 42.5 Å². The SMILES string of the molecule is Cc1cccc(NC(=O)c2ccc(C(=O)C3Nc4ccccc4Cn4cccc43)cc2)c1C. The van der Waals surface area contributed by atoms with E-state index in [0.29, 0.717) is 17.7 Å². The topological polar surface area (TPSA) is 63.1 Å². The molecule has 0 saturated heterocycles. The molecule has 2 N–H and O–H groups in total. The standard InChI is InChI=1S/C28H25N3O2/c1-18-7-5-10-23(19(18)2)30-28(33)21-14-12-20(13-15-21)27(32)26-25-11-6-16-31(25)17-22-8-3-4-9-24(22)29-26/h3-16,26,29H,17H2,1-2H3,(H,30,33). The molecule has 3 aromatic carbocycles. The summed E-state index contributed by atoms with van der Waals surface area (Å²) >= 11 is 0. The average molecular weight is 436 g/mol. The van der Waals surface area contributed by atoms with Crippen LogP contribution in [-0.4, -0.2) is 16.3 Å². The summed E-state index contributed by atoms with van der Waals surface area (Å²) in [5.41, 5.74) is 7.05. The minimum Gasteiger partial charge on any atom is -0.370 e. The lowest BCUT2D eigenvalue weighted by atomic mass is 9.99. The molecule has 1 amide bonds. The van der Waals surface area contributed by atoms with Gasteiger partial charge >= 0.3 is 0 Å². The third kappa shape index (κ3) is 3.94. The minimum atomic E-state index is -0.502. The van der Waals surface area contributed by atoms with Crippen molar-refractivity contribution in [1.29, 1.82) is 0 Å². The highest BCUT2D eigenvalue weighted by Gasteiger charge is 2.28. The van der Waals surface area contributed by atoms with E-state index in [1.54, 1.807) is 24.3 Å². The number of nitrogens with zero attached hydrogens (tertiary/aromatic N) is 1. The lowest BCUT2D eigenvalue weighted by Crippen LogP contribution is -2.22. The predicted molar refractivity (Wildman–Crippen MR) is 131 cm³/mol. The molecule has 0 radical (unpaired) electrons. The zero-order valence-corrected chi connectivity index (χ0v) is 18.6. The molecule has 1 aromatic heterocycles. The number of carbonyl (C=O) groups excluding carboxylic acids is 2. The first-order valence-corrected chi connectivity index (χ1v) is 11.0. The molecule has 0 bridgehead atoms. The van der Waals surface area contributed by atoms with Crippen LogP contribution in [0, 0.1) is 13.8 Å². The Morgan fingerprint density at radius 2 is 1.64 bits per heavy atom. The molecule has 164 valence electrons. The van der Waals surface area contributed by atoms with Crippen molar-refractivity contribution in [3.05, 3.63) is 119 Å². The van der Waals surface area contributed by atoms with Gasteiger partial charge in [0.2, 0.25) is 0 Å². The molecule has 5 heteroatoms. The second kappa shape index (κ2) is 8.43. The maximum atomic E-state index is 13.5. The first-order chi connectivity index (χ1) is 16.0. The van der Waals surface area contributed by atoms with Gasteiger partial charge in [-0.2, -0.15) is 0 Å². The molecule has 0 aliphatic carbocycles. The Kier molecular flexibility index (Phi) is 5.31. The zero-order chi connectivity index (χ0) is 22.9. The van der Waals surface area contributed by atoms with E-state index in [1.165, 1.54) is 0 Å². The molecule has 0 fully saturated rings. The van der Waals surface area contributed by atoms with E-state index < -0.39 is 6.04 Å². The highest BCUT2D eigenvalue weighted by atomic mass is 16.1. The molecule has 1 aliphatic heterocycles. The van der Waals surface area contributed by atoms with E-state index in [0.717, 1.165) is 33.8 Å². The van der Waals surface area contributed by atoms with Crippen molar-refractivity contribution in [2.75, 3.05) is 10.6 Å². The van der Waals surface area contributed by atoms with Gasteiger partial charge < -0.3 is 15.2 Å². The van der Waals surface area contributed by atoms with Crippen molar-refractivity contribution < 1.29 is 9.59 Å². The van der Waals surface area contributed by atoms with Crippen molar-refractivity contribution in [2.24, 2.45) is 0 Å². The molecule has 5 nitrogen and oxygen atoms in total. The van der Waals surface area contributed by atoms with Gasteiger partial charge in [0.1, 0.15) is 6.04 Å². The number of ketones is 1. The number of nitrogens with one attached hydrogen (secondary N) is 2. The number of benzene rings is 3. The van der Waals surface area contributed by atoms with Crippen LogP contribution in [0.25, 0.3) is 0 Å². The Balaban J connectivity index is 1.39. The van der Waals surface area contributed by atoms with Gasteiger partial charge in [0.05, 0.1) is 0 Å². The molecule has 0 saturated carbocycles. The third-order valence-corrected chi connectivity index (χ3v) is 6.36. The fraction of sp³-hybridized carbons (Fsp3) is 0.143. The van der Waals surface area contributed by atoms with E-state index in [1.807, 2.05) is 68.6 Å². The molecule has 1 atom stereocenters. The van der Waals surface area contributed by atoms with Crippen LogP contribution in [0.15, 0.2) is 85.1 Å². The molecule has 4 aromatic rings. The van der Waals surface area contributed by atoms with E-state index in [4.69, 9.17) is 0 Å². The highest BCUT2D eigenvalue weighted by Crippen LogP contribution is 2.31. The van der Waals surface area contributed by atoms with Gasteiger partial charge in [0.15, 0.2) is 5.78 Å². The Morgan fingerprint density at radius 3 is 2.45 bits per heavy atom. The summed E-state index contributed by atoms with van der Waals surface area (Å²) in [4.78, 5) is 26.3. The number of amides is 1. The highest BCUT2D eigenvalue weighted by molar-refractivity contribution is 6.06. The summed E-state index contributed by atoms with van der Waals surface area (Å²) in [6.45, 7) is 4.72. The number of hydrogen-bond donors (Lipinski definition) is 2. The van der Waals surface area contributed by atoms with Gasteiger partial charge in [-0.25, -0.2) is 0 Å². The first-order valence-electron chi connectivity index (χ1n) is 11.0. The third-order valence-electron chi connectivity index (χ3n) is 6.36. The maximum Gasteiger partial charge on any atom is 0.255 e. The van der Waals surface area contributed by atoms with Crippen molar-refractivity contribution in [2.45, 2.75) is 26.4 Å². The number of fused-ring (bicyclic) bond motifs is 2. The van der Waals surface area contributed by atoms with Gasteiger partial charge in [0, 0.05) is 40.9 Å². The summed E-state index contributed by atoms with van der Waals surface area (Å²) in [5, 5.41) is 6.40. The number of anilines is 2. The van der Waals surface area contributed by atoms with Crippen LogP contribution in [0.1, 0.15) is 49.1 Å². The Labute approximate surface area is 193 Å². The van der Waals surface area contributed by atoms with Crippen molar-refractivity contribution >= 4 is 23.1 Å². The number of aryl methyl sites for hydroxylation is 1. The monoisotopic (exact) mass is 435 g/mol. The Bertz CT molecular complexity index is 1350. The van der Waals surface area contributed by atoms with Crippen LogP contribution in [0.4, 0.5) is 11.4 Å². The van der Waals surface area contributed by atoms with Crippen LogP contribution < -0.4 is 10.6 Å². The predicted octanol–water partition coefficient (Wildman–Crippen LogP) is 5.76. The lowest BCUT2D eigenvalue weighted by molar-refractivity contribution is 0.0965. The molecule has 5 rings (SSSR count). The van der Waals surface area contributed by atoms with E-state index in [-0.39, 0.29) is 11.7 Å². The van der Waals surface area contributed by atoms with E-state index >= 15 is 0 Å². The fourth-order valence-corrected chi connectivity index (χ4v) is 4.28. The second-order valence-corrected chi connectivity index (χ2v) is 8.44. The summed E-state index contributed by atoms with van der Waals surface area (Å²) in [6, 6.07) is 24.2. The van der Waals surface area contributed by atoms with Crippen LogP contribution >= 0.6 is 0 Å². The molecule has 1 unspecified atom stereocenters. The van der Waals surface area contributed by atoms with Crippen LogP contribution in [0.5, 0.6) is 0 Å². The lowest BCUT2D eigenvalue weighted by Gasteiger charge is -2.18.